The van der Waals surface area contributed by atoms with E-state index in [4.69, 9.17) is 5.11 Å². The van der Waals surface area contributed by atoms with Crippen LogP contribution in [-0.4, -0.2) is 32.1 Å². The molecule has 0 saturated heterocycles. The van der Waals surface area contributed by atoms with Crippen molar-refractivity contribution in [2.75, 3.05) is 5.32 Å². The smallest absolute Gasteiger partial charge is 0.358 e. The molecule has 0 fully saturated rings. The molecule has 2 aromatic rings. The molecule has 1 aromatic carbocycles. The minimum absolute atomic E-state index is 0.208. The molecule has 2 rings (SSSR count). The first kappa shape index (κ1) is 13.6. The summed E-state index contributed by atoms with van der Waals surface area (Å²) in [4.78, 5) is 30.1. The van der Waals surface area contributed by atoms with Gasteiger partial charge in [0.15, 0.2) is 17.6 Å². The molecule has 1 amide bonds. The number of rotatable bonds is 4. The van der Waals surface area contributed by atoms with Gasteiger partial charge in [-0.2, -0.15) is 0 Å². The van der Waals surface area contributed by atoms with Crippen LogP contribution in [0.4, 0.5) is 5.82 Å². The molecule has 0 aliphatic carbocycles. The molecule has 20 heavy (non-hydrogen) atoms. The number of carboxylic acids is 1. The van der Waals surface area contributed by atoms with Crippen LogP contribution in [0.2, 0.25) is 0 Å². The monoisotopic (exact) mass is 273 g/mol. The van der Waals surface area contributed by atoms with Crippen molar-refractivity contribution in [2.24, 2.45) is 0 Å². The van der Waals surface area contributed by atoms with Crippen LogP contribution in [0.1, 0.15) is 22.2 Å². The van der Waals surface area contributed by atoms with Crippen LogP contribution in [0, 0.1) is 0 Å². The molecule has 1 aromatic heterocycles. The van der Waals surface area contributed by atoms with Gasteiger partial charge in [-0.3, -0.25) is 4.79 Å². The number of carbonyl (C=O) groups excluding carboxylic acids is 1. The van der Waals surface area contributed by atoms with Crippen LogP contribution in [0.3, 0.4) is 0 Å². The second kappa shape index (κ2) is 5.89. The number of aliphatic hydroxyl groups is 1. The van der Waals surface area contributed by atoms with Gasteiger partial charge in [-0.05, 0) is 5.56 Å². The van der Waals surface area contributed by atoms with E-state index in [0.717, 1.165) is 0 Å². The van der Waals surface area contributed by atoms with Gasteiger partial charge in [-0.1, -0.05) is 30.3 Å². The maximum Gasteiger partial charge on any atom is 0.358 e. The molecule has 0 radical (unpaired) electrons. The van der Waals surface area contributed by atoms with Crippen LogP contribution in [0.5, 0.6) is 0 Å². The van der Waals surface area contributed by atoms with Gasteiger partial charge < -0.3 is 15.5 Å². The van der Waals surface area contributed by atoms with E-state index >= 15 is 0 Å². The van der Waals surface area contributed by atoms with E-state index in [2.05, 4.69) is 15.3 Å². The molecule has 3 N–H and O–H groups in total. The van der Waals surface area contributed by atoms with E-state index in [1.54, 1.807) is 30.3 Å². The number of nitrogens with zero attached hydrogens (tertiary/aromatic N) is 2. The van der Waals surface area contributed by atoms with Crippen molar-refractivity contribution in [3.63, 3.8) is 0 Å². The number of anilines is 1. The van der Waals surface area contributed by atoms with E-state index in [0.29, 0.717) is 5.56 Å². The van der Waals surface area contributed by atoms with Crippen molar-refractivity contribution in [3.8, 4) is 0 Å². The molecular formula is C13H11N3O4. The van der Waals surface area contributed by atoms with Gasteiger partial charge in [0, 0.05) is 12.4 Å². The minimum Gasteiger partial charge on any atom is -0.476 e. The zero-order valence-electron chi connectivity index (χ0n) is 10.2. The number of hydrogen-bond acceptors (Lipinski definition) is 5. The number of hydrogen-bond donors (Lipinski definition) is 3. The molecule has 0 aliphatic heterocycles. The molecule has 102 valence electrons. The van der Waals surface area contributed by atoms with Gasteiger partial charge in [0.2, 0.25) is 0 Å². The van der Waals surface area contributed by atoms with Crippen molar-refractivity contribution in [2.45, 2.75) is 6.10 Å². The first-order chi connectivity index (χ1) is 9.59. The van der Waals surface area contributed by atoms with E-state index in [1.165, 1.54) is 12.4 Å². The fourth-order valence-corrected chi connectivity index (χ4v) is 1.56. The Morgan fingerprint density at radius 2 is 1.75 bits per heavy atom. The van der Waals surface area contributed by atoms with E-state index in [9.17, 15) is 14.7 Å². The Morgan fingerprint density at radius 3 is 2.40 bits per heavy atom. The van der Waals surface area contributed by atoms with Crippen molar-refractivity contribution in [1.82, 2.24) is 9.97 Å². The van der Waals surface area contributed by atoms with Crippen LogP contribution < -0.4 is 5.32 Å². The Balaban J connectivity index is 2.18. The fourth-order valence-electron chi connectivity index (χ4n) is 1.56. The van der Waals surface area contributed by atoms with Crippen LogP contribution in [0.25, 0.3) is 0 Å². The second-order valence-electron chi connectivity index (χ2n) is 3.86. The lowest BCUT2D eigenvalue weighted by Gasteiger charge is -2.11. The van der Waals surface area contributed by atoms with E-state index in [1.807, 2.05) is 0 Å². The number of aliphatic hydroxyl groups excluding tert-OH is 1. The molecule has 1 atom stereocenters. The number of nitrogens with one attached hydrogen (secondary N) is 1. The summed E-state index contributed by atoms with van der Waals surface area (Å²) < 4.78 is 0. The Morgan fingerprint density at radius 1 is 1.10 bits per heavy atom. The van der Waals surface area contributed by atoms with E-state index in [-0.39, 0.29) is 11.5 Å². The quantitative estimate of drug-likeness (QED) is 0.761. The average molecular weight is 273 g/mol. The predicted molar refractivity (Wildman–Crippen MR) is 69.0 cm³/mol. The highest BCUT2D eigenvalue weighted by atomic mass is 16.4. The Hall–Kier alpha value is -2.80. The van der Waals surface area contributed by atoms with Gasteiger partial charge in [0.05, 0.1) is 0 Å². The molecular weight excluding hydrogens is 262 g/mol. The molecule has 7 nitrogen and oxygen atoms in total. The SMILES string of the molecule is O=C(O)c1nccnc1NC(=O)C(O)c1ccccc1. The zero-order valence-corrected chi connectivity index (χ0v) is 10.2. The first-order valence-electron chi connectivity index (χ1n) is 5.68. The summed E-state index contributed by atoms with van der Waals surface area (Å²) >= 11 is 0. The number of benzene rings is 1. The van der Waals surface area contributed by atoms with Gasteiger partial charge in [0.25, 0.3) is 5.91 Å². The topological polar surface area (TPSA) is 112 Å². The molecule has 0 bridgehead atoms. The summed E-state index contributed by atoms with van der Waals surface area (Å²) in [6.45, 7) is 0. The molecule has 0 saturated carbocycles. The minimum atomic E-state index is -1.42. The lowest BCUT2D eigenvalue weighted by atomic mass is 10.1. The third-order valence-corrected chi connectivity index (χ3v) is 2.51. The van der Waals surface area contributed by atoms with E-state index < -0.39 is 18.0 Å². The number of carbonyl (C=O) groups is 2. The third kappa shape index (κ3) is 2.96. The normalized spacial score (nSPS) is 11.7. The van der Waals surface area contributed by atoms with Crippen molar-refractivity contribution >= 4 is 17.7 Å². The van der Waals surface area contributed by atoms with Gasteiger partial charge in [-0.15, -0.1) is 0 Å². The maximum absolute atomic E-state index is 11.9. The Kier molecular flexibility index (Phi) is 4.02. The number of amides is 1. The van der Waals surface area contributed by atoms with Gasteiger partial charge in [-0.25, -0.2) is 14.8 Å². The molecule has 1 heterocycles. The Bertz CT molecular complexity index is 631. The highest BCUT2D eigenvalue weighted by Gasteiger charge is 2.21. The fraction of sp³-hybridized carbons (Fsp3) is 0.0769. The highest BCUT2D eigenvalue weighted by molar-refractivity contribution is 5.99. The average Bonchev–Trinajstić information content (AvgIpc) is 2.47. The van der Waals surface area contributed by atoms with Gasteiger partial charge in [0.1, 0.15) is 0 Å². The first-order valence-corrected chi connectivity index (χ1v) is 5.68. The Labute approximate surface area is 113 Å². The largest absolute Gasteiger partial charge is 0.476 e. The summed E-state index contributed by atoms with van der Waals surface area (Å²) in [7, 11) is 0. The van der Waals surface area contributed by atoms with Crippen LogP contribution >= 0.6 is 0 Å². The summed E-state index contributed by atoms with van der Waals surface area (Å²) in [5.74, 6) is -2.30. The number of carboxylic acid groups (broad SMARTS) is 1. The maximum atomic E-state index is 11.9. The van der Waals surface area contributed by atoms with Crippen molar-refractivity contribution < 1.29 is 19.8 Å². The molecule has 0 aliphatic rings. The number of aromatic carboxylic acids is 1. The zero-order chi connectivity index (χ0) is 14.5. The summed E-state index contributed by atoms with van der Waals surface area (Å²) in [6, 6.07) is 8.27. The molecule has 7 heteroatoms. The summed E-state index contributed by atoms with van der Waals surface area (Å²) in [6.07, 6.45) is 1.03. The van der Waals surface area contributed by atoms with Crippen LogP contribution in [-0.2, 0) is 4.79 Å². The standard InChI is InChI=1S/C13H11N3O4/c17-10(8-4-2-1-3-5-8)12(18)16-11-9(13(19)20)14-6-7-15-11/h1-7,10,17H,(H,19,20)(H,15,16,18). The van der Waals surface area contributed by atoms with Crippen molar-refractivity contribution in [3.05, 3.63) is 54.0 Å². The van der Waals surface area contributed by atoms with Crippen LogP contribution in [0.15, 0.2) is 42.7 Å². The van der Waals surface area contributed by atoms with Crippen molar-refractivity contribution in [1.29, 1.82) is 0 Å². The predicted octanol–water partition coefficient (Wildman–Crippen LogP) is 0.847. The second-order valence-corrected chi connectivity index (χ2v) is 3.86. The lowest BCUT2D eigenvalue weighted by Crippen LogP contribution is -2.23. The van der Waals surface area contributed by atoms with Gasteiger partial charge >= 0.3 is 5.97 Å². The highest BCUT2D eigenvalue weighted by Crippen LogP contribution is 2.15. The summed E-state index contributed by atoms with van der Waals surface area (Å²) in [5, 5.41) is 21.0. The lowest BCUT2D eigenvalue weighted by molar-refractivity contribution is -0.124. The molecule has 0 spiro atoms. The molecule has 1 unspecified atom stereocenters. The number of aromatic nitrogens is 2. The summed E-state index contributed by atoms with van der Waals surface area (Å²) in [5.41, 5.74) is 0.00637. The third-order valence-electron chi connectivity index (χ3n) is 2.51.